The molecule has 0 atom stereocenters. The van der Waals surface area contributed by atoms with Gasteiger partial charge in [0.2, 0.25) is 0 Å². The van der Waals surface area contributed by atoms with Crippen molar-refractivity contribution in [2.75, 3.05) is 0 Å². The standard InChI is InChI=1S/C50H30/c1-4-35-18-20-39-22-26-43(45-28-24-37(6-1)47(35)49(39)45)33-14-10-31(11-15-33)41-8-3-9-42(30-41)32-12-16-34(17-13-32)44-27-23-40-21-19-36-5-2-7-38-25-29-46(44)50(40)48(36)38/h1-30H/i1D,2D,4D,5D,6D,7D,18D,19D,20D,21D,22D,23D,24D,25D,26D,28D,29D. The molecule has 0 heterocycles. The quantitative estimate of drug-likeness (QED) is 0.167. The van der Waals surface area contributed by atoms with E-state index in [-0.39, 0.29) is 119 Å². The van der Waals surface area contributed by atoms with Gasteiger partial charge in [0.25, 0.3) is 0 Å². The van der Waals surface area contributed by atoms with Gasteiger partial charge < -0.3 is 0 Å². The van der Waals surface area contributed by atoms with Crippen molar-refractivity contribution in [3.05, 3.63) is 182 Å². The highest BCUT2D eigenvalue weighted by Crippen LogP contribution is 2.41. The summed E-state index contributed by atoms with van der Waals surface area (Å²) in [7, 11) is 0. The van der Waals surface area contributed by atoms with E-state index in [1.54, 1.807) is 12.1 Å². The lowest BCUT2D eigenvalue weighted by atomic mass is 9.89. The van der Waals surface area contributed by atoms with E-state index in [2.05, 4.69) is 0 Å². The van der Waals surface area contributed by atoms with E-state index in [1.807, 2.05) is 60.7 Å². The van der Waals surface area contributed by atoms with Crippen molar-refractivity contribution in [2.24, 2.45) is 0 Å². The van der Waals surface area contributed by atoms with Crippen molar-refractivity contribution in [3.63, 3.8) is 0 Å². The van der Waals surface area contributed by atoms with Crippen LogP contribution in [0, 0.1) is 0 Å². The van der Waals surface area contributed by atoms with Crippen LogP contribution < -0.4 is 0 Å². The highest BCUT2D eigenvalue weighted by atomic mass is 14.2. The molecule has 0 bridgehead atoms. The van der Waals surface area contributed by atoms with E-state index < -0.39 is 54.4 Å². The Balaban J connectivity index is 1.00. The van der Waals surface area contributed by atoms with Crippen LogP contribution in [0.15, 0.2) is 182 Å². The Kier molecular flexibility index (Phi) is 3.32. The van der Waals surface area contributed by atoms with Gasteiger partial charge in [-0.25, -0.2) is 0 Å². The summed E-state index contributed by atoms with van der Waals surface area (Å²) in [4.78, 5) is 0. The molecule has 0 nitrogen and oxygen atoms in total. The Hall–Kier alpha value is -6.50. The molecule has 0 heteroatoms. The molecule has 50 heavy (non-hydrogen) atoms. The summed E-state index contributed by atoms with van der Waals surface area (Å²) in [6, 6.07) is 17.3. The SMILES string of the molecule is [2H]c1c([2H])c2c([2H])c([2H])c3c([2H])cc(-c4ccc(-c5cccc(-c6ccc(-c7c([2H])c([2H])c8c([2H])c([2H])c9c([2H])c([2H])c([2H])c%10c([2H])c([2H])c7c8c9%10)cc6)c5)cc4)c4c([2H])c([2H])c(c1[2H])c2c34. The van der Waals surface area contributed by atoms with Crippen LogP contribution in [0.4, 0.5) is 0 Å². The van der Waals surface area contributed by atoms with Crippen LogP contribution in [-0.4, -0.2) is 0 Å². The van der Waals surface area contributed by atoms with Crippen LogP contribution in [-0.2, 0) is 0 Å². The zero-order valence-electron chi connectivity index (χ0n) is 43.0. The van der Waals surface area contributed by atoms with E-state index in [4.69, 9.17) is 23.3 Å². The van der Waals surface area contributed by atoms with Gasteiger partial charge in [-0.3, -0.25) is 0 Å². The Labute approximate surface area is 314 Å². The Morgan fingerprint density at radius 3 is 1.22 bits per heavy atom. The largest absolute Gasteiger partial charge is 0.0630 e. The molecule has 0 unspecified atom stereocenters. The molecule has 0 aliphatic heterocycles. The van der Waals surface area contributed by atoms with Crippen LogP contribution in [0.3, 0.4) is 0 Å². The molecule has 230 valence electrons. The van der Waals surface area contributed by atoms with Gasteiger partial charge in [0.1, 0.15) is 0 Å². The van der Waals surface area contributed by atoms with Crippen LogP contribution >= 0.6 is 0 Å². The minimum Gasteiger partial charge on any atom is -0.0610 e. The third-order valence-electron chi connectivity index (χ3n) is 9.59. The van der Waals surface area contributed by atoms with Crippen molar-refractivity contribution in [1.29, 1.82) is 0 Å². The van der Waals surface area contributed by atoms with E-state index >= 15 is 0 Å². The predicted octanol–water partition coefficient (Wildman–Crippen LogP) is 14.1. The molecule has 11 aromatic rings. The molecule has 11 aromatic carbocycles. The predicted molar refractivity (Wildman–Crippen MR) is 216 cm³/mol. The van der Waals surface area contributed by atoms with Gasteiger partial charge in [-0.1, -0.05) is 176 Å². The lowest BCUT2D eigenvalue weighted by molar-refractivity contribution is 1.58. The zero-order valence-corrected chi connectivity index (χ0v) is 26.0. The maximum absolute atomic E-state index is 9.14. The summed E-state index contributed by atoms with van der Waals surface area (Å²) >= 11 is 0. The van der Waals surface area contributed by atoms with Gasteiger partial charge in [0.15, 0.2) is 0 Å². The molecule has 0 radical (unpaired) electrons. The maximum Gasteiger partial charge on any atom is 0.0630 e. The molecule has 0 saturated heterocycles. The fourth-order valence-corrected chi connectivity index (χ4v) is 7.18. The smallest absolute Gasteiger partial charge is 0.0610 e. The minimum atomic E-state index is -0.527. The first-order valence-corrected chi connectivity index (χ1v) is 16.0. The number of rotatable bonds is 4. The van der Waals surface area contributed by atoms with Crippen molar-refractivity contribution >= 4 is 64.6 Å². The molecule has 0 aliphatic rings. The first-order valence-electron chi connectivity index (χ1n) is 24.5. The lowest BCUT2D eigenvalue weighted by Crippen LogP contribution is -1.88. The molecular formula is C50H30. The van der Waals surface area contributed by atoms with Crippen molar-refractivity contribution in [2.45, 2.75) is 0 Å². The van der Waals surface area contributed by atoms with Gasteiger partial charge in [-0.05, 0) is 115 Å². The summed E-state index contributed by atoms with van der Waals surface area (Å²) in [5.74, 6) is 0. The molecule has 0 saturated carbocycles. The van der Waals surface area contributed by atoms with Crippen molar-refractivity contribution < 1.29 is 23.3 Å². The lowest BCUT2D eigenvalue weighted by Gasteiger charge is -2.15. The zero-order chi connectivity index (χ0) is 47.6. The van der Waals surface area contributed by atoms with Crippen LogP contribution in [0.2, 0.25) is 0 Å². The van der Waals surface area contributed by atoms with Crippen LogP contribution in [0.25, 0.3) is 109 Å². The number of hydrogen-bond acceptors (Lipinski definition) is 0. The maximum atomic E-state index is 9.14. The number of benzene rings is 11. The van der Waals surface area contributed by atoms with Gasteiger partial charge in [-0.15, -0.1) is 0 Å². The van der Waals surface area contributed by atoms with Gasteiger partial charge in [0.05, 0.1) is 23.3 Å². The molecule has 0 spiro atoms. The van der Waals surface area contributed by atoms with E-state index in [9.17, 15) is 0 Å². The summed E-state index contributed by atoms with van der Waals surface area (Å²) < 4.78 is 150. The highest BCUT2D eigenvalue weighted by Gasteiger charge is 2.14. The monoisotopic (exact) mass is 647 g/mol. The Bertz CT molecular complexity index is 3980. The second-order valence-corrected chi connectivity index (χ2v) is 12.3. The Morgan fingerprint density at radius 1 is 0.280 bits per heavy atom. The third kappa shape index (κ3) is 4.06. The topological polar surface area (TPSA) is 0 Å². The van der Waals surface area contributed by atoms with Crippen molar-refractivity contribution in [1.82, 2.24) is 0 Å². The summed E-state index contributed by atoms with van der Waals surface area (Å²) in [5.41, 5.74) is 4.94. The fourth-order valence-electron chi connectivity index (χ4n) is 7.18. The van der Waals surface area contributed by atoms with Crippen molar-refractivity contribution in [3.8, 4) is 44.5 Å². The Morgan fingerprint density at radius 2 is 0.680 bits per heavy atom. The molecular weight excluding hydrogens is 601 g/mol. The molecule has 11 rings (SSSR count). The molecule has 0 aliphatic carbocycles. The third-order valence-corrected chi connectivity index (χ3v) is 9.59. The second-order valence-electron chi connectivity index (χ2n) is 12.3. The first kappa shape index (κ1) is 15.8. The minimum absolute atomic E-state index is 0.0571. The molecule has 0 fully saturated rings. The summed E-state index contributed by atoms with van der Waals surface area (Å²) in [5, 5.41) is 0.664. The van der Waals surface area contributed by atoms with Crippen LogP contribution in [0.5, 0.6) is 0 Å². The average molecular weight is 648 g/mol. The molecule has 0 amide bonds. The first-order chi connectivity index (χ1) is 31.9. The summed E-state index contributed by atoms with van der Waals surface area (Å²) in [6.07, 6.45) is 0. The van der Waals surface area contributed by atoms with Gasteiger partial charge in [0, 0.05) is 0 Å². The highest BCUT2D eigenvalue weighted by molar-refractivity contribution is 6.26. The van der Waals surface area contributed by atoms with Gasteiger partial charge in [-0.2, -0.15) is 0 Å². The molecule has 0 N–H and O–H groups in total. The number of hydrogen-bond donors (Lipinski definition) is 0. The van der Waals surface area contributed by atoms with Crippen LogP contribution in [0.1, 0.15) is 23.3 Å². The second kappa shape index (κ2) is 10.5. The average Bonchev–Trinajstić information content (AvgIpc) is 3.32. The fraction of sp³-hybridized carbons (Fsp3) is 0. The van der Waals surface area contributed by atoms with E-state index in [0.717, 1.165) is 22.3 Å². The van der Waals surface area contributed by atoms with E-state index in [0.29, 0.717) is 16.7 Å². The normalized spacial score (nSPS) is 16.8. The van der Waals surface area contributed by atoms with Gasteiger partial charge >= 0.3 is 0 Å². The van der Waals surface area contributed by atoms with E-state index in [1.165, 1.54) is 6.07 Å². The summed E-state index contributed by atoms with van der Waals surface area (Å²) in [6.45, 7) is 0. The molecule has 0 aromatic heterocycles.